The van der Waals surface area contributed by atoms with Gasteiger partial charge >= 0.3 is 0 Å². The molecule has 4 heteroatoms. The number of rotatable bonds is 6. The summed E-state index contributed by atoms with van der Waals surface area (Å²) in [6.45, 7) is 3.08. The van der Waals surface area contributed by atoms with E-state index in [1.54, 1.807) is 7.11 Å². The van der Waals surface area contributed by atoms with Gasteiger partial charge in [0.25, 0.3) is 0 Å². The molecule has 22 heavy (non-hydrogen) atoms. The van der Waals surface area contributed by atoms with Gasteiger partial charge in [-0.15, -0.1) is 0 Å². The van der Waals surface area contributed by atoms with Crippen molar-refractivity contribution in [2.45, 2.75) is 13.5 Å². The molecular weight excluding hydrogens is 276 g/mol. The molecule has 0 atom stereocenters. The maximum atomic E-state index is 12.0. The smallest absolute Gasteiger partial charge is 0.238 e. The van der Waals surface area contributed by atoms with Crippen LogP contribution in [0.25, 0.3) is 0 Å². The zero-order valence-electron chi connectivity index (χ0n) is 13.3. The van der Waals surface area contributed by atoms with Crippen LogP contribution < -0.4 is 10.1 Å². The molecule has 0 aliphatic heterocycles. The van der Waals surface area contributed by atoms with Crippen LogP contribution in [0.2, 0.25) is 0 Å². The number of nitrogens with one attached hydrogen (secondary N) is 1. The predicted molar refractivity (Wildman–Crippen MR) is 89.1 cm³/mol. The van der Waals surface area contributed by atoms with Gasteiger partial charge in [-0.2, -0.15) is 0 Å². The highest BCUT2D eigenvalue weighted by Crippen LogP contribution is 2.19. The molecule has 4 nitrogen and oxygen atoms in total. The quantitative estimate of drug-likeness (QED) is 0.891. The number of methoxy groups -OCH3 is 1. The van der Waals surface area contributed by atoms with E-state index in [0.717, 1.165) is 22.6 Å². The first-order valence-electron chi connectivity index (χ1n) is 7.25. The van der Waals surface area contributed by atoms with Crippen LogP contribution >= 0.6 is 0 Å². The molecule has 0 radical (unpaired) electrons. The fourth-order valence-corrected chi connectivity index (χ4v) is 2.37. The third-order valence-corrected chi connectivity index (χ3v) is 3.38. The Hall–Kier alpha value is -2.33. The summed E-state index contributed by atoms with van der Waals surface area (Å²) in [6, 6.07) is 15.6. The molecular formula is C18H22N2O2. The van der Waals surface area contributed by atoms with E-state index in [2.05, 4.69) is 11.4 Å². The number of likely N-dealkylation sites (N-methyl/N-ethyl adjacent to an activating group) is 1. The van der Waals surface area contributed by atoms with Crippen LogP contribution in [0.5, 0.6) is 5.75 Å². The van der Waals surface area contributed by atoms with Gasteiger partial charge in [0.1, 0.15) is 5.75 Å². The van der Waals surface area contributed by atoms with Crippen molar-refractivity contribution in [1.29, 1.82) is 0 Å². The summed E-state index contributed by atoms with van der Waals surface area (Å²) in [7, 11) is 3.60. The van der Waals surface area contributed by atoms with Crippen LogP contribution in [0.4, 0.5) is 5.69 Å². The number of anilines is 1. The molecule has 2 aromatic rings. The van der Waals surface area contributed by atoms with E-state index in [9.17, 15) is 4.79 Å². The zero-order chi connectivity index (χ0) is 15.9. The van der Waals surface area contributed by atoms with Crippen molar-refractivity contribution < 1.29 is 9.53 Å². The third kappa shape index (κ3) is 4.60. The standard InChI is InChI=1S/C18H22N2O2/c1-14-11-15(9-10-17(14)22-3)12-20(2)13-18(21)19-16-7-5-4-6-8-16/h4-11H,12-13H2,1-3H3,(H,19,21). The van der Waals surface area contributed by atoms with Crippen LogP contribution in [0.1, 0.15) is 11.1 Å². The monoisotopic (exact) mass is 298 g/mol. The fourth-order valence-electron chi connectivity index (χ4n) is 2.37. The molecule has 0 unspecified atom stereocenters. The van der Waals surface area contributed by atoms with Gasteiger partial charge in [0.05, 0.1) is 13.7 Å². The summed E-state index contributed by atoms with van der Waals surface area (Å²) >= 11 is 0. The van der Waals surface area contributed by atoms with Gasteiger partial charge in [0.15, 0.2) is 0 Å². The number of ether oxygens (including phenoxy) is 1. The van der Waals surface area contributed by atoms with Gasteiger partial charge in [-0.25, -0.2) is 0 Å². The second kappa shape index (κ2) is 7.61. The minimum absolute atomic E-state index is 0.0149. The Bertz CT molecular complexity index is 626. The normalized spacial score (nSPS) is 10.5. The highest BCUT2D eigenvalue weighted by atomic mass is 16.5. The highest BCUT2D eigenvalue weighted by molar-refractivity contribution is 5.92. The molecule has 0 saturated carbocycles. The van der Waals surface area contributed by atoms with Crippen molar-refractivity contribution in [2.24, 2.45) is 0 Å². The molecule has 2 aromatic carbocycles. The minimum atomic E-state index is -0.0149. The van der Waals surface area contributed by atoms with E-state index >= 15 is 0 Å². The molecule has 1 N–H and O–H groups in total. The summed E-state index contributed by atoms with van der Waals surface area (Å²) < 4.78 is 5.26. The van der Waals surface area contributed by atoms with Crippen LogP contribution in [-0.4, -0.2) is 31.5 Å². The average molecular weight is 298 g/mol. The molecule has 0 saturated heterocycles. The number of carbonyl (C=O) groups excluding carboxylic acids is 1. The lowest BCUT2D eigenvalue weighted by Gasteiger charge is -2.17. The number of nitrogens with zero attached hydrogens (tertiary/aromatic N) is 1. The van der Waals surface area contributed by atoms with E-state index in [0.29, 0.717) is 13.1 Å². The highest BCUT2D eigenvalue weighted by Gasteiger charge is 2.08. The van der Waals surface area contributed by atoms with Gasteiger partial charge in [0, 0.05) is 12.2 Å². The fraction of sp³-hybridized carbons (Fsp3) is 0.278. The van der Waals surface area contributed by atoms with Crippen molar-refractivity contribution >= 4 is 11.6 Å². The van der Waals surface area contributed by atoms with E-state index in [1.165, 1.54) is 0 Å². The Kier molecular flexibility index (Phi) is 5.55. The maximum Gasteiger partial charge on any atom is 0.238 e. The number of amides is 1. The summed E-state index contributed by atoms with van der Waals surface area (Å²) in [5.41, 5.74) is 3.08. The lowest BCUT2D eigenvalue weighted by atomic mass is 10.1. The molecule has 2 rings (SSSR count). The van der Waals surface area contributed by atoms with Crippen molar-refractivity contribution in [3.05, 3.63) is 59.7 Å². The Morgan fingerprint density at radius 2 is 1.91 bits per heavy atom. The predicted octanol–water partition coefficient (Wildman–Crippen LogP) is 3.07. The van der Waals surface area contributed by atoms with Crippen LogP contribution in [0, 0.1) is 6.92 Å². The Morgan fingerprint density at radius 1 is 1.18 bits per heavy atom. The molecule has 0 bridgehead atoms. The lowest BCUT2D eigenvalue weighted by Crippen LogP contribution is -2.29. The molecule has 0 aromatic heterocycles. The minimum Gasteiger partial charge on any atom is -0.496 e. The Morgan fingerprint density at radius 3 is 2.55 bits per heavy atom. The maximum absolute atomic E-state index is 12.0. The van der Waals surface area contributed by atoms with Crippen molar-refractivity contribution in [1.82, 2.24) is 4.90 Å². The Labute approximate surface area is 131 Å². The summed E-state index contributed by atoms with van der Waals surface area (Å²) in [4.78, 5) is 14.0. The van der Waals surface area contributed by atoms with Gasteiger partial charge < -0.3 is 10.1 Å². The number of carbonyl (C=O) groups is 1. The van der Waals surface area contributed by atoms with E-state index in [4.69, 9.17) is 4.74 Å². The topological polar surface area (TPSA) is 41.6 Å². The van der Waals surface area contributed by atoms with Crippen molar-refractivity contribution in [2.75, 3.05) is 26.0 Å². The van der Waals surface area contributed by atoms with Gasteiger partial charge in [-0.3, -0.25) is 9.69 Å². The first-order valence-corrected chi connectivity index (χ1v) is 7.25. The van der Waals surface area contributed by atoms with E-state index < -0.39 is 0 Å². The third-order valence-electron chi connectivity index (χ3n) is 3.38. The van der Waals surface area contributed by atoms with Crippen molar-refractivity contribution in [3.63, 3.8) is 0 Å². The first-order chi connectivity index (χ1) is 10.6. The zero-order valence-corrected chi connectivity index (χ0v) is 13.3. The number of benzene rings is 2. The van der Waals surface area contributed by atoms with Crippen molar-refractivity contribution in [3.8, 4) is 5.75 Å². The molecule has 1 amide bonds. The number of hydrogen-bond acceptors (Lipinski definition) is 3. The summed E-state index contributed by atoms with van der Waals surface area (Å²) in [5.74, 6) is 0.868. The average Bonchev–Trinajstić information content (AvgIpc) is 2.48. The number of hydrogen-bond donors (Lipinski definition) is 1. The van der Waals surface area contributed by atoms with Crippen LogP contribution in [0.3, 0.4) is 0 Å². The van der Waals surface area contributed by atoms with Gasteiger partial charge in [-0.05, 0) is 43.3 Å². The van der Waals surface area contributed by atoms with Gasteiger partial charge in [0.2, 0.25) is 5.91 Å². The molecule has 0 aliphatic carbocycles. The lowest BCUT2D eigenvalue weighted by molar-refractivity contribution is -0.117. The molecule has 0 aliphatic rings. The second-order valence-corrected chi connectivity index (χ2v) is 5.39. The molecule has 0 fully saturated rings. The Balaban J connectivity index is 1.88. The molecule has 116 valence electrons. The number of para-hydroxylation sites is 1. The summed E-state index contributed by atoms with van der Waals surface area (Å²) in [5, 5.41) is 2.89. The second-order valence-electron chi connectivity index (χ2n) is 5.39. The SMILES string of the molecule is COc1ccc(CN(C)CC(=O)Nc2ccccc2)cc1C. The number of aryl methyl sites for hydroxylation is 1. The first kappa shape index (κ1) is 16.0. The molecule has 0 spiro atoms. The van der Waals surface area contributed by atoms with Crippen LogP contribution in [-0.2, 0) is 11.3 Å². The largest absolute Gasteiger partial charge is 0.496 e. The van der Waals surface area contributed by atoms with E-state index in [-0.39, 0.29) is 5.91 Å². The van der Waals surface area contributed by atoms with Gasteiger partial charge in [-0.1, -0.05) is 30.3 Å². The van der Waals surface area contributed by atoms with E-state index in [1.807, 2.05) is 61.3 Å². The van der Waals surface area contributed by atoms with Crippen LogP contribution in [0.15, 0.2) is 48.5 Å². The molecule has 0 heterocycles. The summed E-state index contributed by atoms with van der Waals surface area (Å²) in [6.07, 6.45) is 0.